The van der Waals surface area contributed by atoms with Crippen molar-refractivity contribution in [2.75, 3.05) is 0 Å². The van der Waals surface area contributed by atoms with Gasteiger partial charge in [-0.1, -0.05) is 62.6 Å². The van der Waals surface area contributed by atoms with E-state index in [0.717, 1.165) is 44.9 Å². The molecule has 4 nitrogen and oxygen atoms in total. The van der Waals surface area contributed by atoms with Crippen LogP contribution in [0.1, 0.15) is 64.7 Å². The molecule has 0 saturated heterocycles. The van der Waals surface area contributed by atoms with Crippen LogP contribution in [0, 0.1) is 0 Å². The van der Waals surface area contributed by atoms with Gasteiger partial charge in [-0.25, -0.2) is 4.89 Å². The van der Waals surface area contributed by atoms with E-state index >= 15 is 0 Å². The molecule has 0 aliphatic carbocycles. The maximum atomic E-state index is 10.2. The van der Waals surface area contributed by atoms with Gasteiger partial charge in [-0.3, -0.25) is 5.26 Å². The zero-order chi connectivity index (χ0) is 16.5. The van der Waals surface area contributed by atoms with Crippen LogP contribution in [0.4, 0.5) is 0 Å². The number of carboxylic acids is 1. The Labute approximate surface area is 134 Å². The smallest absolute Gasteiger partial charge is 0.115 e. The lowest BCUT2D eigenvalue weighted by molar-refractivity contribution is -0.305. The number of unbranched alkanes of at least 4 members (excludes halogenated alkanes) is 5. The first-order valence-electron chi connectivity index (χ1n) is 8.19. The van der Waals surface area contributed by atoms with Gasteiger partial charge < -0.3 is 9.90 Å². The fraction of sp³-hybridized carbons (Fsp3) is 0.611. The molecule has 22 heavy (non-hydrogen) atoms. The van der Waals surface area contributed by atoms with Crippen molar-refractivity contribution in [3.8, 4) is 0 Å². The van der Waals surface area contributed by atoms with E-state index in [1.807, 2.05) is 30.4 Å². The van der Waals surface area contributed by atoms with E-state index in [4.69, 9.17) is 5.26 Å². The highest BCUT2D eigenvalue weighted by Gasteiger charge is 1.99. The fourth-order valence-electron chi connectivity index (χ4n) is 1.98. The predicted molar refractivity (Wildman–Crippen MR) is 87.2 cm³/mol. The van der Waals surface area contributed by atoms with Gasteiger partial charge >= 0.3 is 0 Å². The maximum absolute atomic E-state index is 10.2. The molecule has 0 spiro atoms. The molecule has 0 saturated carbocycles. The van der Waals surface area contributed by atoms with E-state index in [2.05, 4.69) is 17.9 Å². The quantitative estimate of drug-likeness (QED) is 0.174. The zero-order valence-electron chi connectivity index (χ0n) is 13.6. The van der Waals surface area contributed by atoms with E-state index < -0.39 is 5.97 Å². The van der Waals surface area contributed by atoms with Crippen LogP contribution in [0.15, 0.2) is 36.5 Å². The van der Waals surface area contributed by atoms with Crippen molar-refractivity contribution in [3.63, 3.8) is 0 Å². The predicted octanol–water partition coefficient (Wildman–Crippen LogP) is 3.79. The summed E-state index contributed by atoms with van der Waals surface area (Å²) < 4.78 is 0. The van der Waals surface area contributed by atoms with Gasteiger partial charge in [0.1, 0.15) is 6.10 Å². The fourth-order valence-corrected chi connectivity index (χ4v) is 1.98. The van der Waals surface area contributed by atoms with Crippen LogP contribution in [-0.2, 0) is 9.68 Å². The number of allylic oxidation sites excluding steroid dienone is 4. The molecule has 0 aromatic rings. The molecule has 0 amide bonds. The molecule has 0 aliphatic heterocycles. The number of rotatable bonds is 14. The molecule has 1 unspecified atom stereocenters. The third-order valence-corrected chi connectivity index (χ3v) is 3.23. The summed E-state index contributed by atoms with van der Waals surface area (Å²) in [5, 5.41) is 19.0. The van der Waals surface area contributed by atoms with Crippen molar-refractivity contribution in [3.05, 3.63) is 36.5 Å². The van der Waals surface area contributed by atoms with Gasteiger partial charge in [-0.15, -0.1) is 0 Å². The van der Waals surface area contributed by atoms with Crippen molar-refractivity contribution < 1.29 is 20.0 Å². The van der Waals surface area contributed by atoms with Crippen molar-refractivity contribution in [1.29, 1.82) is 0 Å². The van der Waals surface area contributed by atoms with Crippen LogP contribution in [0.3, 0.4) is 0 Å². The molecule has 0 aromatic heterocycles. The molecule has 0 bridgehead atoms. The summed E-state index contributed by atoms with van der Waals surface area (Å²) in [5.74, 6) is -0.954. The molecule has 0 rings (SSSR count). The van der Waals surface area contributed by atoms with Crippen molar-refractivity contribution in [1.82, 2.24) is 0 Å². The Hall–Kier alpha value is -1.39. The van der Waals surface area contributed by atoms with Crippen molar-refractivity contribution in [2.45, 2.75) is 70.8 Å². The lowest BCUT2D eigenvalue weighted by atomic mass is 10.1. The highest BCUT2D eigenvalue weighted by molar-refractivity contribution is 5.63. The summed E-state index contributed by atoms with van der Waals surface area (Å²) in [7, 11) is 0. The van der Waals surface area contributed by atoms with Crippen LogP contribution in [-0.4, -0.2) is 17.3 Å². The number of carbonyl (C=O) groups excluding carboxylic acids is 1. The van der Waals surface area contributed by atoms with Gasteiger partial charge in [0.2, 0.25) is 0 Å². The van der Waals surface area contributed by atoms with Crippen molar-refractivity contribution in [2.24, 2.45) is 0 Å². The van der Waals surface area contributed by atoms with Crippen LogP contribution in [0.5, 0.6) is 0 Å². The lowest BCUT2D eigenvalue weighted by Crippen LogP contribution is -2.21. The van der Waals surface area contributed by atoms with Gasteiger partial charge in [0.15, 0.2) is 0 Å². The molecule has 126 valence electrons. The molecular weight excluding hydrogens is 280 g/mol. The molecule has 1 N–H and O–H groups in total. The Kier molecular flexibility index (Phi) is 15.0. The van der Waals surface area contributed by atoms with Crippen LogP contribution in [0.25, 0.3) is 0 Å². The first kappa shape index (κ1) is 20.6. The molecule has 1 atom stereocenters. The maximum Gasteiger partial charge on any atom is 0.115 e. The number of hydrogen-bond acceptors (Lipinski definition) is 4. The number of carboxylic acid groups (broad SMARTS) is 1. The first-order chi connectivity index (χ1) is 10.7. The Morgan fingerprint density at radius 2 is 1.82 bits per heavy atom. The second-order valence-electron chi connectivity index (χ2n) is 5.25. The number of carbonyl (C=O) groups is 1. The minimum absolute atomic E-state index is 0.173. The summed E-state index contributed by atoms with van der Waals surface area (Å²) in [6.07, 6.45) is 19.3. The molecule has 0 radical (unpaired) electrons. The molecular formula is C18H29O4-. The summed E-state index contributed by atoms with van der Waals surface area (Å²) in [6, 6.07) is 0. The van der Waals surface area contributed by atoms with Crippen LogP contribution >= 0.6 is 0 Å². The Morgan fingerprint density at radius 1 is 1.09 bits per heavy atom. The molecule has 4 heteroatoms. The van der Waals surface area contributed by atoms with Gasteiger partial charge in [-0.05, 0) is 38.5 Å². The highest BCUT2D eigenvalue weighted by Crippen LogP contribution is 2.07. The van der Waals surface area contributed by atoms with Gasteiger partial charge in [-0.2, -0.15) is 0 Å². The topological polar surface area (TPSA) is 69.6 Å². The van der Waals surface area contributed by atoms with E-state index in [1.54, 1.807) is 0 Å². The molecule has 0 aliphatic rings. The second-order valence-corrected chi connectivity index (χ2v) is 5.25. The van der Waals surface area contributed by atoms with E-state index in [1.165, 1.54) is 0 Å². The monoisotopic (exact) mass is 309 g/mol. The zero-order valence-corrected chi connectivity index (χ0v) is 13.6. The summed E-state index contributed by atoms with van der Waals surface area (Å²) in [4.78, 5) is 14.6. The minimum Gasteiger partial charge on any atom is -0.550 e. The second kappa shape index (κ2) is 16.0. The summed E-state index contributed by atoms with van der Waals surface area (Å²) in [5.41, 5.74) is 0. The average molecular weight is 309 g/mol. The Bertz CT molecular complexity index is 345. The van der Waals surface area contributed by atoms with Crippen LogP contribution < -0.4 is 5.11 Å². The SMILES string of the molecule is CC/C=C\CC(/C=C/C=C\CCCCCCCC(=O)[O-])OO. The van der Waals surface area contributed by atoms with Gasteiger partial charge in [0.05, 0.1) is 0 Å². The Morgan fingerprint density at radius 3 is 2.50 bits per heavy atom. The Balaban J connectivity index is 3.57. The third kappa shape index (κ3) is 15.0. The lowest BCUT2D eigenvalue weighted by Gasteiger charge is -2.03. The standard InChI is InChI=1S/C18H30O4/c1-2-3-11-14-17(22-21)15-12-9-7-5-4-6-8-10-13-16-18(19)20/h3,7,9,11-12,15,17,21H,2,4-6,8,10,13-14,16H2,1H3,(H,19,20)/p-1/b9-7-,11-3-,15-12+. The van der Waals surface area contributed by atoms with Gasteiger partial charge in [0.25, 0.3) is 0 Å². The average Bonchev–Trinajstić information content (AvgIpc) is 2.50. The minimum atomic E-state index is -0.954. The molecule has 0 heterocycles. The summed E-state index contributed by atoms with van der Waals surface area (Å²) >= 11 is 0. The van der Waals surface area contributed by atoms with Crippen LogP contribution in [0.2, 0.25) is 0 Å². The highest BCUT2D eigenvalue weighted by atomic mass is 17.1. The number of aliphatic carboxylic acids is 1. The van der Waals surface area contributed by atoms with Gasteiger partial charge in [0, 0.05) is 5.97 Å². The summed E-state index contributed by atoms with van der Waals surface area (Å²) in [6.45, 7) is 2.06. The largest absolute Gasteiger partial charge is 0.550 e. The first-order valence-corrected chi connectivity index (χ1v) is 8.19. The van der Waals surface area contributed by atoms with E-state index in [-0.39, 0.29) is 12.5 Å². The molecule has 0 fully saturated rings. The normalized spacial score (nSPS) is 13.5. The number of hydrogen-bond donors (Lipinski definition) is 1. The van der Waals surface area contributed by atoms with E-state index in [9.17, 15) is 9.90 Å². The van der Waals surface area contributed by atoms with E-state index in [0.29, 0.717) is 6.42 Å². The molecule has 0 aromatic carbocycles. The van der Waals surface area contributed by atoms with Crippen molar-refractivity contribution >= 4 is 5.97 Å². The third-order valence-electron chi connectivity index (χ3n) is 3.23.